The van der Waals surface area contributed by atoms with E-state index in [1.165, 1.54) is 0 Å². The number of benzene rings is 1. The van der Waals surface area contributed by atoms with Crippen LogP contribution in [0, 0.1) is 0 Å². The second-order valence-corrected chi connectivity index (χ2v) is 5.17. The molecule has 2 aromatic rings. The molecule has 104 valence electrons. The highest BCUT2D eigenvalue weighted by molar-refractivity contribution is 6.30. The van der Waals surface area contributed by atoms with Crippen LogP contribution in [0.15, 0.2) is 24.3 Å². The van der Waals surface area contributed by atoms with Crippen molar-refractivity contribution >= 4 is 17.6 Å². The molecule has 1 heterocycles. The van der Waals surface area contributed by atoms with Crippen LogP contribution in [0.2, 0.25) is 5.02 Å². The van der Waals surface area contributed by atoms with Gasteiger partial charge in [-0.15, -0.1) is 0 Å². The number of aromatic nitrogens is 2. The maximum atomic E-state index is 12.0. The van der Waals surface area contributed by atoms with Crippen LogP contribution >= 0.6 is 11.6 Å². The van der Waals surface area contributed by atoms with Gasteiger partial charge in [0.05, 0.1) is 12.3 Å². The van der Waals surface area contributed by atoms with Gasteiger partial charge in [-0.25, -0.2) is 9.48 Å². The fraction of sp³-hybridized carbons (Fsp3) is 0.333. The van der Waals surface area contributed by atoms with Gasteiger partial charge in [0.2, 0.25) is 0 Å². The van der Waals surface area contributed by atoms with E-state index in [9.17, 15) is 4.79 Å². The van der Waals surface area contributed by atoms with Gasteiger partial charge in [0, 0.05) is 16.3 Å². The summed E-state index contributed by atoms with van der Waals surface area (Å²) >= 11 is 5.91. The lowest BCUT2D eigenvalue weighted by Crippen LogP contribution is -2.09. The summed E-state index contributed by atoms with van der Waals surface area (Å²) in [7, 11) is 0. The van der Waals surface area contributed by atoms with Gasteiger partial charge in [0.1, 0.15) is 0 Å². The molecule has 4 nitrogen and oxygen atoms in total. The van der Waals surface area contributed by atoms with E-state index in [0.29, 0.717) is 17.3 Å². The predicted octanol–water partition coefficient (Wildman–Crippen LogP) is 3.19. The first-order chi connectivity index (χ1) is 9.70. The van der Waals surface area contributed by atoms with Crippen molar-refractivity contribution in [2.45, 2.75) is 26.2 Å². The van der Waals surface area contributed by atoms with E-state index < -0.39 is 0 Å². The minimum Gasteiger partial charge on any atom is -0.461 e. The second-order valence-electron chi connectivity index (χ2n) is 4.74. The number of nitrogens with zero attached hydrogens (tertiary/aromatic N) is 2. The monoisotopic (exact) mass is 290 g/mol. The highest BCUT2D eigenvalue weighted by Crippen LogP contribution is 2.28. The Morgan fingerprint density at radius 3 is 2.80 bits per heavy atom. The molecular weight excluding hydrogens is 276 g/mol. The SMILES string of the molecule is CCOC(=O)c1nn(-c2ccc(Cl)cc2)c2c1CCC2. The summed E-state index contributed by atoms with van der Waals surface area (Å²) in [4.78, 5) is 12.0. The lowest BCUT2D eigenvalue weighted by Gasteiger charge is -2.05. The molecule has 0 aliphatic heterocycles. The molecule has 0 unspecified atom stereocenters. The molecule has 1 aliphatic rings. The lowest BCUT2D eigenvalue weighted by molar-refractivity contribution is 0.0517. The average molecular weight is 291 g/mol. The minimum absolute atomic E-state index is 0.335. The van der Waals surface area contributed by atoms with Gasteiger partial charge in [-0.1, -0.05) is 11.6 Å². The quantitative estimate of drug-likeness (QED) is 0.816. The van der Waals surface area contributed by atoms with Crippen molar-refractivity contribution in [2.24, 2.45) is 0 Å². The van der Waals surface area contributed by atoms with E-state index in [-0.39, 0.29) is 5.97 Å². The van der Waals surface area contributed by atoms with Gasteiger partial charge >= 0.3 is 5.97 Å². The molecule has 0 saturated carbocycles. The van der Waals surface area contributed by atoms with Gasteiger partial charge in [-0.3, -0.25) is 0 Å². The molecule has 0 radical (unpaired) electrons. The van der Waals surface area contributed by atoms with Gasteiger partial charge in [0.25, 0.3) is 0 Å². The number of halogens is 1. The maximum Gasteiger partial charge on any atom is 0.359 e. The molecule has 1 aromatic heterocycles. The number of carbonyl (C=O) groups excluding carboxylic acids is 1. The first-order valence-electron chi connectivity index (χ1n) is 6.74. The van der Waals surface area contributed by atoms with Crippen LogP contribution in [0.3, 0.4) is 0 Å². The summed E-state index contributed by atoms with van der Waals surface area (Å²) in [6.45, 7) is 2.16. The third-order valence-corrected chi connectivity index (χ3v) is 3.72. The zero-order valence-electron chi connectivity index (χ0n) is 11.2. The summed E-state index contributed by atoms with van der Waals surface area (Å²) in [5.41, 5.74) is 3.51. The Labute approximate surface area is 122 Å². The molecule has 0 bridgehead atoms. The zero-order valence-corrected chi connectivity index (χ0v) is 12.0. The molecule has 0 saturated heterocycles. The van der Waals surface area contributed by atoms with E-state index in [0.717, 1.165) is 36.2 Å². The Kier molecular flexibility index (Phi) is 3.49. The van der Waals surface area contributed by atoms with E-state index in [1.54, 1.807) is 6.92 Å². The van der Waals surface area contributed by atoms with Crippen molar-refractivity contribution in [2.75, 3.05) is 6.61 Å². The lowest BCUT2D eigenvalue weighted by atomic mass is 10.2. The van der Waals surface area contributed by atoms with Crippen molar-refractivity contribution in [3.63, 3.8) is 0 Å². The van der Waals surface area contributed by atoms with Crippen molar-refractivity contribution in [1.29, 1.82) is 0 Å². The average Bonchev–Trinajstić information content (AvgIpc) is 3.01. The Hall–Kier alpha value is -1.81. The Morgan fingerprint density at radius 2 is 2.10 bits per heavy atom. The third-order valence-electron chi connectivity index (χ3n) is 3.47. The van der Waals surface area contributed by atoms with Gasteiger partial charge < -0.3 is 4.74 Å². The van der Waals surface area contributed by atoms with E-state index in [1.807, 2.05) is 28.9 Å². The number of hydrogen-bond acceptors (Lipinski definition) is 3. The van der Waals surface area contributed by atoms with Crippen LogP contribution in [0.4, 0.5) is 0 Å². The molecule has 0 N–H and O–H groups in total. The van der Waals surface area contributed by atoms with Crippen LogP contribution < -0.4 is 0 Å². The summed E-state index contributed by atoms with van der Waals surface area (Å²) < 4.78 is 6.92. The minimum atomic E-state index is -0.335. The predicted molar refractivity (Wildman–Crippen MR) is 76.6 cm³/mol. The molecule has 0 fully saturated rings. The van der Waals surface area contributed by atoms with Crippen molar-refractivity contribution in [1.82, 2.24) is 9.78 Å². The standard InChI is InChI=1S/C15H15ClN2O2/c1-2-20-15(19)14-12-4-3-5-13(12)18(17-14)11-8-6-10(16)7-9-11/h6-9H,2-5H2,1H3. The van der Waals surface area contributed by atoms with E-state index >= 15 is 0 Å². The van der Waals surface area contributed by atoms with Gasteiger partial charge in [-0.05, 0) is 50.5 Å². The summed E-state index contributed by atoms with van der Waals surface area (Å²) in [5.74, 6) is -0.335. The number of carbonyl (C=O) groups is 1. The summed E-state index contributed by atoms with van der Waals surface area (Å²) in [6.07, 6.45) is 2.87. The molecule has 1 aromatic carbocycles. The molecule has 1 aliphatic carbocycles. The van der Waals surface area contributed by atoms with Crippen LogP contribution in [0.1, 0.15) is 35.1 Å². The second kappa shape index (κ2) is 5.29. The highest BCUT2D eigenvalue weighted by Gasteiger charge is 2.27. The van der Waals surface area contributed by atoms with Crippen LogP contribution in [-0.4, -0.2) is 22.4 Å². The normalized spacial score (nSPS) is 13.3. The van der Waals surface area contributed by atoms with Crippen LogP contribution in [-0.2, 0) is 17.6 Å². The molecule has 0 amide bonds. The first kappa shape index (κ1) is 13.2. The number of ether oxygens (including phenoxy) is 1. The number of fused-ring (bicyclic) bond motifs is 1. The third kappa shape index (κ3) is 2.20. The fourth-order valence-electron chi connectivity index (χ4n) is 2.60. The summed E-state index contributed by atoms with van der Waals surface area (Å²) in [5, 5.41) is 5.13. The highest BCUT2D eigenvalue weighted by atomic mass is 35.5. The Morgan fingerprint density at radius 1 is 1.35 bits per heavy atom. The number of esters is 1. The van der Waals surface area contributed by atoms with Crippen molar-refractivity contribution in [3.8, 4) is 5.69 Å². The Balaban J connectivity index is 2.06. The topological polar surface area (TPSA) is 44.1 Å². The molecule has 0 spiro atoms. The van der Waals surface area contributed by atoms with Crippen LogP contribution in [0.5, 0.6) is 0 Å². The summed E-state index contributed by atoms with van der Waals surface area (Å²) in [6, 6.07) is 7.46. The number of hydrogen-bond donors (Lipinski definition) is 0. The van der Waals surface area contributed by atoms with Gasteiger partial charge in [0.15, 0.2) is 5.69 Å². The molecule has 0 atom stereocenters. The zero-order chi connectivity index (χ0) is 14.1. The molecule has 5 heteroatoms. The molecule has 3 rings (SSSR count). The van der Waals surface area contributed by atoms with E-state index in [2.05, 4.69) is 5.10 Å². The van der Waals surface area contributed by atoms with Crippen molar-refractivity contribution < 1.29 is 9.53 Å². The maximum absolute atomic E-state index is 12.0. The van der Waals surface area contributed by atoms with Crippen LogP contribution in [0.25, 0.3) is 5.69 Å². The molecular formula is C15H15ClN2O2. The van der Waals surface area contributed by atoms with Gasteiger partial charge in [-0.2, -0.15) is 5.10 Å². The number of rotatable bonds is 3. The van der Waals surface area contributed by atoms with E-state index in [4.69, 9.17) is 16.3 Å². The largest absolute Gasteiger partial charge is 0.461 e. The van der Waals surface area contributed by atoms with Crippen molar-refractivity contribution in [3.05, 3.63) is 46.2 Å². The first-order valence-corrected chi connectivity index (χ1v) is 7.12. The fourth-order valence-corrected chi connectivity index (χ4v) is 2.72. The Bertz CT molecular complexity index is 647. The smallest absolute Gasteiger partial charge is 0.359 e. The molecule has 20 heavy (non-hydrogen) atoms.